The molecule has 0 spiro atoms. The van der Waals surface area contributed by atoms with Gasteiger partial charge in [-0.3, -0.25) is 4.79 Å². The number of carbonyl (C=O) groups is 1. The van der Waals surface area contributed by atoms with Crippen molar-refractivity contribution in [3.63, 3.8) is 0 Å². The van der Waals surface area contributed by atoms with Crippen molar-refractivity contribution >= 4 is 27.5 Å². The topological polar surface area (TPSA) is 43.1 Å². The number of nitrogens with two attached hydrogens (primary N) is 1. The van der Waals surface area contributed by atoms with Crippen LogP contribution in [0.4, 0.5) is 0 Å². The van der Waals surface area contributed by atoms with E-state index in [2.05, 4.69) is 6.58 Å². The van der Waals surface area contributed by atoms with E-state index < -0.39 is 5.91 Å². The molecule has 1 aliphatic heterocycles. The molecular weight excluding hydrogens is 178 g/mol. The first-order chi connectivity index (χ1) is 5.20. The van der Waals surface area contributed by atoms with Gasteiger partial charge in [0.2, 0.25) is 0 Å². The van der Waals surface area contributed by atoms with Gasteiger partial charge in [0.1, 0.15) is 0 Å². The lowest BCUT2D eigenvalue weighted by Crippen LogP contribution is -2.11. The number of hydrogen-bond donors (Lipinski definition) is 1. The molecule has 0 aromatic heterocycles. The third-order valence-electron chi connectivity index (χ3n) is 1.03. The van der Waals surface area contributed by atoms with Crippen LogP contribution in [0.1, 0.15) is 0 Å². The largest absolute Gasteiger partial charge is 0.365 e. The molecule has 0 radical (unpaired) electrons. The monoisotopic (exact) mass is 185 g/mol. The molecule has 4 heteroatoms. The summed E-state index contributed by atoms with van der Waals surface area (Å²) in [6.45, 7) is 3.71. The Morgan fingerprint density at radius 2 is 2.36 bits per heavy atom. The number of carbonyl (C=O) groups excluding carboxylic acids is 1. The van der Waals surface area contributed by atoms with Gasteiger partial charge in [-0.1, -0.05) is 17.4 Å². The van der Waals surface area contributed by atoms with Crippen molar-refractivity contribution in [3.05, 3.63) is 34.6 Å². The van der Waals surface area contributed by atoms with Crippen molar-refractivity contribution in [3.8, 4) is 0 Å². The summed E-state index contributed by atoms with van der Waals surface area (Å²) in [6, 6.07) is 0. The lowest BCUT2D eigenvalue weighted by atomic mass is 10.3. The maximum absolute atomic E-state index is 10.7. The van der Waals surface area contributed by atoms with E-state index in [-0.39, 0.29) is 0 Å². The molecule has 0 bridgehead atoms. The van der Waals surface area contributed by atoms with E-state index in [0.29, 0.717) is 4.91 Å². The highest BCUT2D eigenvalue weighted by Crippen LogP contribution is 2.34. The van der Waals surface area contributed by atoms with Crippen LogP contribution < -0.4 is 5.73 Å². The van der Waals surface area contributed by atoms with E-state index in [0.717, 1.165) is 5.57 Å². The first-order valence-corrected chi connectivity index (χ1v) is 5.12. The van der Waals surface area contributed by atoms with Crippen LogP contribution >= 0.6 is 21.6 Å². The fraction of sp³-hybridized carbons (Fsp3) is 0. The highest BCUT2D eigenvalue weighted by Gasteiger charge is 2.07. The summed E-state index contributed by atoms with van der Waals surface area (Å²) in [5, 5.41) is 1.87. The molecule has 0 atom stereocenters. The molecule has 0 unspecified atom stereocenters. The molecule has 1 rings (SSSR count). The predicted octanol–water partition coefficient (Wildman–Crippen LogP) is 1.82. The summed E-state index contributed by atoms with van der Waals surface area (Å²) >= 11 is 0. The second kappa shape index (κ2) is 3.69. The molecular formula is C7H7NOS2. The van der Waals surface area contributed by atoms with Crippen LogP contribution in [0.25, 0.3) is 0 Å². The zero-order chi connectivity index (χ0) is 8.27. The van der Waals surface area contributed by atoms with Gasteiger partial charge in [-0.25, -0.2) is 0 Å². The number of allylic oxidation sites excluding steroid dienone is 3. The minimum Gasteiger partial charge on any atom is -0.365 e. The van der Waals surface area contributed by atoms with Gasteiger partial charge in [0.05, 0.1) is 4.91 Å². The summed E-state index contributed by atoms with van der Waals surface area (Å²) in [5.74, 6) is -0.396. The van der Waals surface area contributed by atoms with Crippen LogP contribution in [0, 0.1) is 0 Å². The van der Waals surface area contributed by atoms with Gasteiger partial charge in [-0.2, -0.15) is 0 Å². The molecule has 0 saturated heterocycles. The quantitative estimate of drug-likeness (QED) is 0.634. The smallest absolute Gasteiger partial charge is 0.256 e. The van der Waals surface area contributed by atoms with Gasteiger partial charge in [-0.05, 0) is 33.9 Å². The number of rotatable bonds is 1. The molecule has 1 aliphatic rings. The Morgan fingerprint density at radius 3 is 3.00 bits per heavy atom. The number of primary amides is 1. The van der Waals surface area contributed by atoms with Crippen molar-refractivity contribution in [1.82, 2.24) is 0 Å². The summed E-state index contributed by atoms with van der Waals surface area (Å²) in [4.78, 5) is 11.2. The predicted molar refractivity (Wildman–Crippen MR) is 50.7 cm³/mol. The van der Waals surface area contributed by atoms with Crippen molar-refractivity contribution in [2.75, 3.05) is 0 Å². The fourth-order valence-electron chi connectivity index (χ4n) is 0.548. The highest BCUT2D eigenvalue weighted by molar-refractivity contribution is 8.79. The van der Waals surface area contributed by atoms with Gasteiger partial charge >= 0.3 is 0 Å². The van der Waals surface area contributed by atoms with E-state index in [4.69, 9.17) is 5.73 Å². The maximum Gasteiger partial charge on any atom is 0.256 e. The van der Waals surface area contributed by atoms with E-state index in [1.54, 1.807) is 6.08 Å². The van der Waals surface area contributed by atoms with Crippen LogP contribution in [0.3, 0.4) is 0 Å². The molecule has 0 fully saturated rings. The molecule has 2 nitrogen and oxygen atoms in total. The lowest BCUT2D eigenvalue weighted by Gasteiger charge is -1.95. The molecule has 2 N–H and O–H groups in total. The second-order valence-corrected chi connectivity index (χ2v) is 4.08. The van der Waals surface area contributed by atoms with Crippen molar-refractivity contribution in [2.24, 2.45) is 5.73 Å². The Hall–Kier alpha value is -0.610. The maximum atomic E-state index is 10.7. The average molecular weight is 185 g/mol. The van der Waals surface area contributed by atoms with Crippen LogP contribution in [0.15, 0.2) is 34.6 Å². The Morgan fingerprint density at radius 1 is 1.64 bits per heavy atom. The molecule has 1 amide bonds. The third-order valence-corrected chi connectivity index (χ3v) is 3.04. The average Bonchev–Trinajstić information content (AvgIpc) is 2.13. The zero-order valence-corrected chi connectivity index (χ0v) is 7.37. The summed E-state index contributed by atoms with van der Waals surface area (Å²) in [7, 11) is 2.81. The van der Waals surface area contributed by atoms with Crippen LogP contribution in [0.5, 0.6) is 0 Å². The van der Waals surface area contributed by atoms with E-state index in [1.165, 1.54) is 21.6 Å². The Balaban J connectivity index is 2.83. The van der Waals surface area contributed by atoms with Gasteiger partial charge < -0.3 is 5.73 Å². The minimum atomic E-state index is -0.396. The van der Waals surface area contributed by atoms with Crippen molar-refractivity contribution in [1.29, 1.82) is 0 Å². The fourth-order valence-corrected chi connectivity index (χ4v) is 2.25. The van der Waals surface area contributed by atoms with Gasteiger partial charge in [0.25, 0.3) is 5.91 Å². The Bertz CT molecular complexity index is 255. The first kappa shape index (κ1) is 8.49. The molecule has 0 aliphatic carbocycles. The van der Waals surface area contributed by atoms with E-state index in [9.17, 15) is 4.79 Å². The first-order valence-electron chi connectivity index (χ1n) is 2.90. The van der Waals surface area contributed by atoms with Crippen molar-refractivity contribution < 1.29 is 4.79 Å². The third kappa shape index (κ3) is 2.48. The van der Waals surface area contributed by atoms with Crippen LogP contribution in [-0.2, 0) is 4.79 Å². The highest BCUT2D eigenvalue weighted by atomic mass is 33.1. The Kier molecular flexibility index (Phi) is 2.84. The number of hydrogen-bond acceptors (Lipinski definition) is 3. The molecule has 0 aromatic rings. The molecule has 1 heterocycles. The molecule has 0 saturated carbocycles. The van der Waals surface area contributed by atoms with Gasteiger partial charge in [0, 0.05) is 0 Å². The van der Waals surface area contributed by atoms with Crippen LogP contribution in [-0.4, -0.2) is 5.91 Å². The van der Waals surface area contributed by atoms with Gasteiger partial charge in [0.15, 0.2) is 0 Å². The summed E-state index contributed by atoms with van der Waals surface area (Å²) < 4.78 is 0. The molecule has 0 aromatic carbocycles. The normalized spacial score (nSPS) is 17.5. The standard InChI is InChI=1S/C7H7NOS2/c1-5-2-3-10-11-6(4-5)7(8)9/h2-4H,1H2,(H2,8,9). The van der Waals surface area contributed by atoms with Gasteiger partial charge in [-0.15, -0.1) is 0 Å². The van der Waals surface area contributed by atoms with Crippen molar-refractivity contribution in [2.45, 2.75) is 0 Å². The number of amides is 1. The lowest BCUT2D eigenvalue weighted by molar-refractivity contribution is -0.113. The molecule has 11 heavy (non-hydrogen) atoms. The van der Waals surface area contributed by atoms with E-state index >= 15 is 0 Å². The Labute approximate surface area is 73.0 Å². The molecule has 58 valence electrons. The van der Waals surface area contributed by atoms with E-state index in [1.807, 2.05) is 11.5 Å². The zero-order valence-electron chi connectivity index (χ0n) is 5.74. The summed E-state index contributed by atoms with van der Waals surface area (Å²) in [6.07, 6.45) is 3.52. The minimum absolute atomic E-state index is 0.396. The summed E-state index contributed by atoms with van der Waals surface area (Å²) in [5.41, 5.74) is 5.89. The second-order valence-electron chi connectivity index (χ2n) is 1.93. The SMILES string of the molecule is C=C1C=CSSC(C(N)=O)=C1. The van der Waals surface area contributed by atoms with Crippen LogP contribution in [0.2, 0.25) is 0 Å².